The molecule has 6 nitrogen and oxygen atoms in total. The molecule has 1 amide bonds. The third kappa shape index (κ3) is 6.84. The lowest BCUT2D eigenvalue weighted by molar-refractivity contribution is -0.274. The van der Waals surface area contributed by atoms with Gasteiger partial charge in [0.05, 0.1) is 6.42 Å². The van der Waals surface area contributed by atoms with Crippen LogP contribution in [0.5, 0.6) is 5.75 Å². The molecule has 0 saturated carbocycles. The number of alkyl halides is 3. The molecular formula is C21H17F4N3O3S. The van der Waals surface area contributed by atoms with Crippen molar-refractivity contribution in [2.75, 3.05) is 5.32 Å². The summed E-state index contributed by atoms with van der Waals surface area (Å²) in [5, 5.41) is 2.87. The molecular weight excluding hydrogens is 450 g/mol. The van der Waals surface area contributed by atoms with Crippen LogP contribution in [0, 0.1) is 12.7 Å². The number of halogens is 4. The number of thioether (sulfide) groups is 1. The third-order valence-electron chi connectivity index (χ3n) is 4.20. The van der Waals surface area contributed by atoms with Crippen molar-refractivity contribution < 1.29 is 27.1 Å². The van der Waals surface area contributed by atoms with E-state index in [1.807, 2.05) is 0 Å². The van der Waals surface area contributed by atoms with E-state index in [-0.39, 0.29) is 23.5 Å². The fourth-order valence-electron chi connectivity index (χ4n) is 2.70. The topological polar surface area (TPSA) is 84.1 Å². The van der Waals surface area contributed by atoms with Gasteiger partial charge in [-0.3, -0.25) is 9.59 Å². The largest absolute Gasteiger partial charge is 0.573 e. The highest BCUT2D eigenvalue weighted by Gasteiger charge is 2.31. The number of carbonyl (C=O) groups is 1. The molecule has 0 aliphatic rings. The summed E-state index contributed by atoms with van der Waals surface area (Å²) in [6, 6.07) is 10.6. The van der Waals surface area contributed by atoms with Crippen LogP contribution in [0.4, 0.5) is 23.2 Å². The maximum atomic E-state index is 13.0. The van der Waals surface area contributed by atoms with Crippen molar-refractivity contribution in [2.24, 2.45) is 0 Å². The first kappa shape index (κ1) is 23.3. The van der Waals surface area contributed by atoms with Crippen molar-refractivity contribution in [1.82, 2.24) is 9.97 Å². The van der Waals surface area contributed by atoms with Crippen molar-refractivity contribution >= 4 is 23.4 Å². The second-order valence-electron chi connectivity index (χ2n) is 6.65. The molecule has 0 unspecified atom stereocenters. The summed E-state index contributed by atoms with van der Waals surface area (Å²) in [6.45, 7) is 1.60. The van der Waals surface area contributed by atoms with Gasteiger partial charge in [-0.05, 0) is 48.9 Å². The average Bonchev–Trinajstić information content (AvgIpc) is 2.71. The Bertz CT molecular complexity index is 1150. The summed E-state index contributed by atoms with van der Waals surface area (Å²) in [5.41, 5.74) is 1.18. The van der Waals surface area contributed by atoms with Crippen LogP contribution in [-0.4, -0.2) is 22.2 Å². The van der Waals surface area contributed by atoms with E-state index in [2.05, 4.69) is 20.0 Å². The number of aryl methyl sites for hydroxylation is 1. The SMILES string of the molecule is Cc1nc(SCc2ccc(F)cc2)[nH]c(=O)c1CC(=O)Nc1ccc(OC(F)(F)F)cc1. The quantitative estimate of drug-likeness (QED) is 0.302. The van der Waals surface area contributed by atoms with Crippen molar-refractivity contribution in [3.63, 3.8) is 0 Å². The minimum Gasteiger partial charge on any atom is -0.406 e. The molecule has 0 aliphatic carbocycles. The molecule has 3 rings (SSSR count). The molecule has 0 saturated heterocycles. The molecule has 0 aliphatic heterocycles. The zero-order valence-corrected chi connectivity index (χ0v) is 17.4. The van der Waals surface area contributed by atoms with Crippen LogP contribution in [0.2, 0.25) is 0 Å². The van der Waals surface area contributed by atoms with Crippen molar-refractivity contribution in [2.45, 2.75) is 30.6 Å². The van der Waals surface area contributed by atoms with E-state index in [0.717, 1.165) is 17.7 Å². The number of anilines is 1. The number of hydrogen-bond donors (Lipinski definition) is 2. The number of aromatic amines is 1. The van der Waals surface area contributed by atoms with E-state index < -0.39 is 23.6 Å². The van der Waals surface area contributed by atoms with Crippen LogP contribution in [0.25, 0.3) is 0 Å². The fraction of sp³-hybridized carbons (Fsp3) is 0.190. The van der Waals surface area contributed by atoms with E-state index in [1.54, 1.807) is 19.1 Å². The Hall–Kier alpha value is -3.34. The van der Waals surface area contributed by atoms with Gasteiger partial charge in [-0.25, -0.2) is 9.37 Å². The van der Waals surface area contributed by atoms with E-state index in [4.69, 9.17) is 0 Å². The Morgan fingerprint density at radius 1 is 1.12 bits per heavy atom. The standard InChI is InChI=1S/C21H17F4N3O3S/c1-12-17(10-18(29)27-15-6-8-16(9-7-15)31-21(23,24)25)19(30)28-20(26-12)32-11-13-2-4-14(22)5-3-13/h2-9H,10-11H2,1H3,(H,27,29)(H,26,28,30). The second-order valence-corrected chi connectivity index (χ2v) is 7.61. The zero-order chi connectivity index (χ0) is 23.3. The van der Waals surface area contributed by atoms with Gasteiger partial charge in [0.25, 0.3) is 5.56 Å². The molecule has 0 bridgehead atoms. The monoisotopic (exact) mass is 467 g/mol. The first-order valence-electron chi connectivity index (χ1n) is 9.22. The summed E-state index contributed by atoms with van der Waals surface area (Å²) >= 11 is 1.26. The Labute approximate surface area is 184 Å². The van der Waals surface area contributed by atoms with Gasteiger partial charge in [0.15, 0.2) is 5.16 Å². The van der Waals surface area contributed by atoms with Crippen molar-refractivity contribution in [3.8, 4) is 5.75 Å². The molecule has 3 aromatic rings. The molecule has 32 heavy (non-hydrogen) atoms. The van der Waals surface area contributed by atoms with Gasteiger partial charge in [-0.2, -0.15) is 0 Å². The maximum absolute atomic E-state index is 13.0. The number of nitrogens with zero attached hydrogens (tertiary/aromatic N) is 1. The van der Waals surface area contributed by atoms with Gasteiger partial charge in [-0.1, -0.05) is 23.9 Å². The fourth-order valence-corrected chi connectivity index (χ4v) is 3.56. The van der Waals surface area contributed by atoms with Crippen LogP contribution < -0.4 is 15.6 Å². The van der Waals surface area contributed by atoms with Gasteiger partial charge in [0.1, 0.15) is 11.6 Å². The minimum absolute atomic E-state index is 0.172. The lowest BCUT2D eigenvalue weighted by Gasteiger charge is -2.10. The van der Waals surface area contributed by atoms with Crippen LogP contribution in [0.3, 0.4) is 0 Å². The summed E-state index contributed by atoms with van der Waals surface area (Å²) in [5.74, 6) is -0.817. The number of rotatable bonds is 7. The van der Waals surface area contributed by atoms with Gasteiger partial charge in [0, 0.05) is 22.7 Å². The smallest absolute Gasteiger partial charge is 0.406 e. The van der Waals surface area contributed by atoms with E-state index in [0.29, 0.717) is 16.6 Å². The second kappa shape index (κ2) is 9.86. The maximum Gasteiger partial charge on any atom is 0.573 e. The summed E-state index contributed by atoms with van der Waals surface area (Å²) < 4.78 is 53.3. The number of amides is 1. The number of benzene rings is 2. The number of nitrogens with one attached hydrogen (secondary N) is 2. The van der Waals surface area contributed by atoms with Gasteiger partial charge >= 0.3 is 6.36 Å². The highest BCUT2D eigenvalue weighted by atomic mass is 32.2. The predicted molar refractivity (Wildman–Crippen MR) is 111 cm³/mol. The van der Waals surface area contributed by atoms with Crippen LogP contribution in [-0.2, 0) is 17.0 Å². The van der Waals surface area contributed by atoms with Gasteiger partial charge in [-0.15, -0.1) is 13.2 Å². The number of carbonyl (C=O) groups excluding carboxylic acids is 1. The molecule has 2 N–H and O–H groups in total. The van der Waals surface area contributed by atoms with Crippen LogP contribution in [0.15, 0.2) is 58.5 Å². The Morgan fingerprint density at radius 2 is 1.78 bits per heavy atom. The molecule has 168 valence electrons. The van der Waals surface area contributed by atoms with Crippen LogP contribution in [0.1, 0.15) is 16.8 Å². The van der Waals surface area contributed by atoms with Gasteiger partial charge in [0.2, 0.25) is 5.91 Å². The average molecular weight is 467 g/mol. The molecule has 0 fully saturated rings. The molecule has 11 heteroatoms. The zero-order valence-electron chi connectivity index (χ0n) is 16.6. The van der Waals surface area contributed by atoms with E-state index in [1.165, 1.54) is 36.0 Å². The first-order chi connectivity index (χ1) is 15.1. The first-order valence-corrected chi connectivity index (χ1v) is 10.2. The highest BCUT2D eigenvalue weighted by Crippen LogP contribution is 2.24. The Balaban J connectivity index is 1.61. The number of aromatic nitrogens is 2. The molecule has 2 aromatic carbocycles. The molecule has 1 heterocycles. The number of H-pyrrole nitrogens is 1. The van der Waals surface area contributed by atoms with Crippen molar-refractivity contribution in [1.29, 1.82) is 0 Å². The molecule has 0 spiro atoms. The van der Waals surface area contributed by atoms with Crippen molar-refractivity contribution in [3.05, 3.63) is 81.5 Å². The van der Waals surface area contributed by atoms with Crippen LogP contribution >= 0.6 is 11.8 Å². The number of hydrogen-bond acceptors (Lipinski definition) is 5. The predicted octanol–water partition coefficient (Wildman–Crippen LogP) is 4.59. The normalized spacial score (nSPS) is 11.3. The lowest BCUT2D eigenvalue weighted by Crippen LogP contribution is -2.23. The molecule has 0 radical (unpaired) electrons. The Morgan fingerprint density at radius 3 is 2.38 bits per heavy atom. The highest BCUT2D eigenvalue weighted by molar-refractivity contribution is 7.98. The molecule has 1 aromatic heterocycles. The summed E-state index contributed by atoms with van der Waals surface area (Å²) in [7, 11) is 0. The van der Waals surface area contributed by atoms with Gasteiger partial charge < -0.3 is 15.0 Å². The Kier molecular flexibility index (Phi) is 7.18. The summed E-state index contributed by atoms with van der Waals surface area (Å²) in [6.07, 6.45) is -5.07. The summed E-state index contributed by atoms with van der Waals surface area (Å²) in [4.78, 5) is 31.6. The number of ether oxygens (including phenoxy) is 1. The minimum atomic E-state index is -4.81. The third-order valence-corrected chi connectivity index (χ3v) is 5.14. The molecule has 0 atom stereocenters. The lowest BCUT2D eigenvalue weighted by atomic mass is 10.1. The van der Waals surface area contributed by atoms with E-state index in [9.17, 15) is 27.2 Å². The van der Waals surface area contributed by atoms with E-state index >= 15 is 0 Å².